The number of aliphatic hydroxyl groups excluding tert-OH is 1. The first-order valence-electron chi connectivity index (χ1n) is 6.30. The highest BCUT2D eigenvalue weighted by atomic mass is 16.5. The second-order valence-electron chi connectivity index (χ2n) is 4.57. The summed E-state index contributed by atoms with van der Waals surface area (Å²) < 4.78 is 5.40. The molecule has 1 amide bonds. The molecule has 5 nitrogen and oxygen atoms in total. The highest BCUT2D eigenvalue weighted by Crippen LogP contribution is 2.00. The van der Waals surface area contributed by atoms with Crippen molar-refractivity contribution in [3.05, 3.63) is 35.9 Å². The Balaban J connectivity index is 2.08. The molecular weight excluding hydrogens is 244 g/mol. The first-order chi connectivity index (χ1) is 9.09. The number of nitrogens with one attached hydrogen (secondary N) is 1. The fourth-order valence-corrected chi connectivity index (χ4v) is 1.45. The lowest BCUT2D eigenvalue weighted by Gasteiger charge is -2.14. The Morgan fingerprint density at radius 2 is 2.05 bits per heavy atom. The Morgan fingerprint density at radius 3 is 2.68 bits per heavy atom. The van der Waals surface area contributed by atoms with Crippen molar-refractivity contribution in [2.45, 2.75) is 12.7 Å². The summed E-state index contributed by atoms with van der Waals surface area (Å²) in [5.41, 5.74) is 1.07. The number of rotatable bonds is 8. The van der Waals surface area contributed by atoms with Crippen molar-refractivity contribution >= 4 is 5.91 Å². The summed E-state index contributed by atoms with van der Waals surface area (Å²) >= 11 is 0. The number of likely N-dealkylation sites (N-methyl/N-ethyl adjacent to an activating group) is 1. The van der Waals surface area contributed by atoms with E-state index in [4.69, 9.17) is 4.74 Å². The molecule has 1 aromatic carbocycles. The lowest BCUT2D eigenvalue weighted by atomic mass is 10.2. The molecule has 2 N–H and O–H groups in total. The van der Waals surface area contributed by atoms with Crippen molar-refractivity contribution in [2.24, 2.45) is 0 Å². The quantitative estimate of drug-likeness (QED) is 0.707. The molecule has 0 spiro atoms. The minimum Gasteiger partial charge on any atom is -0.389 e. The third kappa shape index (κ3) is 6.91. The van der Waals surface area contributed by atoms with Crippen LogP contribution in [0.5, 0.6) is 0 Å². The van der Waals surface area contributed by atoms with Crippen LogP contribution in [0.15, 0.2) is 30.3 Å². The van der Waals surface area contributed by atoms with Gasteiger partial charge in [0.25, 0.3) is 0 Å². The van der Waals surface area contributed by atoms with Crippen LogP contribution < -0.4 is 5.32 Å². The molecule has 0 fully saturated rings. The maximum atomic E-state index is 11.3. The van der Waals surface area contributed by atoms with E-state index in [9.17, 15) is 9.90 Å². The molecule has 0 aromatic heterocycles. The SMILES string of the molecule is CN(C)C(=O)CNCC(O)COCc1ccccc1. The van der Waals surface area contributed by atoms with Gasteiger partial charge in [-0.3, -0.25) is 4.79 Å². The Bertz CT molecular complexity index is 368. The fraction of sp³-hybridized carbons (Fsp3) is 0.500. The largest absolute Gasteiger partial charge is 0.389 e. The number of benzene rings is 1. The van der Waals surface area contributed by atoms with Gasteiger partial charge in [-0.15, -0.1) is 0 Å². The molecule has 0 saturated heterocycles. The predicted octanol–water partition coefficient (Wildman–Crippen LogP) is 0.242. The van der Waals surface area contributed by atoms with Crippen molar-refractivity contribution in [3.63, 3.8) is 0 Å². The van der Waals surface area contributed by atoms with Crippen LogP contribution in [0.1, 0.15) is 5.56 Å². The number of ether oxygens (including phenoxy) is 1. The van der Waals surface area contributed by atoms with E-state index in [1.807, 2.05) is 30.3 Å². The number of hydrogen-bond donors (Lipinski definition) is 2. The van der Waals surface area contributed by atoms with Gasteiger partial charge in [-0.1, -0.05) is 30.3 Å². The van der Waals surface area contributed by atoms with Gasteiger partial charge in [-0.05, 0) is 5.56 Å². The molecule has 0 aliphatic carbocycles. The van der Waals surface area contributed by atoms with Crippen molar-refractivity contribution in [1.29, 1.82) is 0 Å². The van der Waals surface area contributed by atoms with Crippen LogP contribution in [-0.2, 0) is 16.1 Å². The van der Waals surface area contributed by atoms with E-state index >= 15 is 0 Å². The van der Waals surface area contributed by atoms with Gasteiger partial charge in [-0.25, -0.2) is 0 Å². The van der Waals surface area contributed by atoms with Crippen LogP contribution in [-0.4, -0.2) is 55.8 Å². The molecule has 0 saturated carbocycles. The first-order valence-corrected chi connectivity index (χ1v) is 6.30. The zero-order valence-corrected chi connectivity index (χ0v) is 11.5. The lowest BCUT2D eigenvalue weighted by Crippen LogP contribution is -2.38. The zero-order valence-electron chi connectivity index (χ0n) is 11.5. The van der Waals surface area contributed by atoms with E-state index in [-0.39, 0.29) is 19.1 Å². The molecule has 0 heterocycles. The number of nitrogens with zero attached hydrogens (tertiary/aromatic N) is 1. The Labute approximate surface area is 114 Å². The topological polar surface area (TPSA) is 61.8 Å². The summed E-state index contributed by atoms with van der Waals surface area (Å²) in [7, 11) is 3.40. The standard InChI is InChI=1S/C14H22N2O3/c1-16(2)14(18)9-15-8-13(17)11-19-10-12-6-4-3-5-7-12/h3-7,13,15,17H,8-11H2,1-2H3. The van der Waals surface area contributed by atoms with E-state index in [1.54, 1.807) is 14.1 Å². The second-order valence-corrected chi connectivity index (χ2v) is 4.57. The van der Waals surface area contributed by atoms with Crippen molar-refractivity contribution in [2.75, 3.05) is 33.8 Å². The third-order valence-electron chi connectivity index (χ3n) is 2.58. The van der Waals surface area contributed by atoms with Gasteiger partial charge in [0.15, 0.2) is 0 Å². The summed E-state index contributed by atoms with van der Waals surface area (Å²) in [6, 6.07) is 9.79. The van der Waals surface area contributed by atoms with E-state index in [0.29, 0.717) is 13.2 Å². The Hall–Kier alpha value is -1.43. The molecule has 0 aliphatic rings. The van der Waals surface area contributed by atoms with Crippen LogP contribution in [0.3, 0.4) is 0 Å². The number of carbonyl (C=O) groups is 1. The van der Waals surface area contributed by atoms with Gasteiger partial charge < -0.3 is 20.1 Å². The van der Waals surface area contributed by atoms with Gasteiger partial charge in [0, 0.05) is 20.6 Å². The van der Waals surface area contributed by atoms with Gasteiger partial charge in [0.2, 0.25) is 5.91 Å². The number of aliphatic hydroxyl groups is 1. The van der Waals surface area contributed by atoms with Crippen LogP contribution in [0.2, 0.25) is 0 Å². The monoisotopic (exact) mass is 266 g/mol. The molecule has 1 aromatic rings. The van der Waals surface area contributed by atoms with Gasteiger partial charge in [-0.2, -0.15) is 0 Å². The van der Waals surface area contributed by atoms with Gasteiger partial charge in [0.1, 0.15) is 0 Å². The summed E-state index contributed by atoms with van der Waals surface area (Å²) in [5, 5.41) is 12.6. The minimum absolute atomic E-state index is 0.0163. The summed E-state index contributed by atoms with van der Waals surface area (Å²) in [5.74, 6) is -0.0163. The van der Waals surface area contributed by atoms with E-state index in [0.717, 1.165) is 5.56 Å². The van der Waals surface area contributed by atoms with Gasteiger partial charge >= 0.3 is 0 Å². The molecular formula is C14H22N2O3. The molecule has 1 unspecified atom stereocenters. The third-order valence-corrected chi connectivity index (χ3v) is 2.58. The molecule has 1 atom stereocenters. The minimum atomic E-state index is -0.612. The normalized spacial score (nSPS) is 12.2. The summed E-state index contributed by atoms with van der Waals surface area (Å²) in [6.45, 7) is 1.30. The summed E-state index contributed by atoms with van der Waals surface area (Å²) in [4.78, 5) is 12.8. The van der Waals surface area contributed by atoms with E-state index in [2.05, 4.69) is 5.32 Å². The average Bonchev–Trinajstić information content (AvgIpc) is 2.39. The van der Waals surface area contributed by atoms with Crippen molar-refractivity contribution < 1.29 is 14.6 Å². The van der Waals surface area contributed by atoms with E-state index < -0.39 is 6.10 Å². The lowest BCUT2D eigenvalue weighted by molar-refractivity contribution is -0.127. The number of carbonyl (C=O) groups excluding carboxylic acids is 1. The fourth-order valence-electron chi connectivity index (χ4n) is 1.45. The Kier molecular flexibility index (Phi) is 7.10. The van der Waals surface area contributed by atoms with Crippen molar-refractivity contribution in [3.8, 4) is 0 Å². The molecule has 0 radical (unpaired) electrons. The number of hydrogen-bond acceptors (Lipinski definition) is 4. The zero-order chi connectivity index (χ0) is 14.1. The maximum absolute atomic E-state index is 11.3. The van der Waals surface area contributed by atoms with Crippen molar-refractivity contribution in [1.82, 2.24) is 10.2 Å². The van der Waals surface area contributed by atoms with E-state index in [1.165, 1.54) is 4.90 Å². The predicted molar refractivity (Wildman–Crippen MR) is 73.7 cm³/mol. The molecule has 5 heteroatoms. The summed E-state index contributed by atoms with van der Waals surface area (Å²) in [6.07, 6.45) is -0.612. The van der Waals surface area contributed by atoms with Gasteiger partial charge in [0.05, 0.1) is 25.9 Å². The molecule has 1 rings (SSSR count). The Morgan fingerprint density at radius 1 is 1.37 bits per heavy atom. The first kappa shape index (κ1) is 15.6. The highest BCUT2D eigenvalue weighted by Gasteiger charge is 2.07. The molecule has 0 aliphatic heterocycles. The molecule has 0 bridgehead atoms. The highest BCUT2D eigenvalue weighted by molar-refractivity contribution is 5.77. The van der Waals surface area contributed by atoms with Crippen LogP contribution in [0.25, 0.3) is 0 Å². The number of amides is 1. The maximum Gasteiger partial charge on any atom is 0.236 e. The molecule has 106 valence electrons. The molecule has 19 heavy (non-hydrogen) atoms. The van der Waals surface area contributed by atoms with Crippen LogP contribution >= 0.6 is 0 Å². The van der Waals surface area contributed by atoms with Crippen LogP contribution in [0, 0.1) is 0 Å². The van der Waals surface area contributed by atoms with Crippen LogP contribution in [0.4, 0.5) is 0 Å². The average molecular weight is 266 g/mol. The smallest absolute Gasteiger partial charge is 0.236 e. The second kappa shape index (κ2) is 8.63.